The Morgan fingerprint density at radius 1 is 1.32 bits per heavy atom. The van der Waals surface area contributed by atoms with E-state index in [4.69, 9.17) is 0 Å². The lowest BCUT2D eigenvalue weighted by Crippen LogP contribution is -2.72. The van der Waals surface area contributed by atoms with Gasteiger partial charge in [-0.2, -0.15) is 0 Å². The highest BCUT2D eigenvalue weighted by Crippen LogP contribution is 2.09. The number of hydrogen-bond donors (Lipinski definition) is 2. The van der Waals surface area contributed by atoms with Crippen LogP contribution in [-0.2, 0) is 25.5 Å². The van der Waals surface area contributed by atoms with Crippen molar-refractivity contribution in [2.24, 2.45) is 0 Å². The molecule has 2 atom stereocenters. The van der Waals surface area contributed by atoms with Gasteiger partial charge in [0.05, 0.1) is 13.5 Å². The number of benzene rings is 1. The summed E-state index contributed by atoms with van der Waals surface area (Å²) < 4.78 is 4.53. The molecule has 1 aliphatic heterocycles. The lowest BCUT2D eigenvalue weighted by Gasteiger charge is -2.34. The maximum Gasteiger partial charge on any atom is 0.331 e. The zero-order valence-electron chi connectivity index (χ0n) is 10.4. The highest BCUT2D eigenvalue weighted by molar-refractivity contribution is 6.02. The summed E-state index contributed by atoms with van der Waals surface area (Å²) >= 11 is 0. The SMILES string of the molecule is COC(=O)[C@H]1NC(=O)[C@H]1NC(=O)Cc1ccccc1. The molecule has 2 amide bonds. The summed E-state index contributed by atoms with van der Waals surface area (Å²) in [7, 11) is 1.23. The molecule has 0 unspecified atom stereocenters. The maximum absolute atomic E-state index is 11.8. The minimum absolute atomic E-state index is 0.165. The Labute approximate surface area is 110 Å². The molecule has 1 aliphatic rings. The van der Waals surface area contributed by atoms with Crippen LogP contribution in [-0.4, -0.2) is 37.0 Å². The summed E-state index contributed by atoms with van der Waals surface area (Å²) in [4.78, 5) is 34.4. The molecule has 6 heteroatoms. The fraction of sp³-hybridized carbons (Fsp3) is 0.308. The lowest BCUT2D eigenvalue weighted by atomic mass is 9.98. The number of amides is 2. The molecule has 2 N–H and O–H groups in total. The van der Waals surface area contributed by atoms with E-state index in [1.54, 1.807) is 0 Å². The lowest BCUT2D eigenvalue weighted by molar-refractivity contribution is -0.153. The van der Waals surface area contributed by atoms with Crippen molar-refractivity contribution in [3.8, 4) is 0 Å². The molecule has 0 radical (unpaired) electrons. The standard InChI is InChI=1S/C13H14N2O4/c1-19-13(18)11-10(12(17)15-11)14-9(16)7-8-5-3-2-4-6-8/h2-6,10-11H,7H2,1H3,(H,14,16)(H,15,17)/t10-,11-/m0/s1. The van der Waals surface area contributed by atoms with E-state index in [0.717, 1.165) is 5.56 Å². The Morgan fingerprint density at radius 3 is 2.58 bits per heavy atom. The van der Waals surface area contributed by atoms with E-state index in [1.165, 1.54) is 7.11 Å². The van der Waals surface area contributed by atoms with Gasteiger partial charge in [0.15, 0.2) is 6.04 Å². The van der Waals surface area contributed by atoms with Crippen LogP contribution in [0.3, 0.4) is 0 Å². The van der Waals surface area contributed by atoms with E-state index in [-0.39, 0.29) is 18.2 Å². The van der Waals surface area contributed by atoms with E-state index in [0.29, 0.717) is 0 Å². The van der Waals surface area contributed by atoms with Gasteiger partial charge < -0.3 is 15.4 Å². The van der Waals surface area contributed by atoms with Gasteiger partial charge in [0, 0.05) is 0 Å². The van der Waals surface area contributed by atoms with Crippen LogP contribution >= 0.6 is 0 Å². The van der Waals surface area contributed by atoms with Gasteiger partial charge >= 0.3 is 5.97 Å². The second kappa shape index (κ2) is 5.51. The Balaban J connectivity index is 1.91. The van der Waals surface area contributed by atoms with Crippen molar-refractivity contribution in [2.45, 2.75) is 18.5 Å². The summed E-state index contributed by atoms with van der Waals surface area (Å²) in [6, 6.07) is 7.51. The fourth-order valence-electron chi connectivity index (χ4n) is 1.86. The van der Waals surface area contributed by atoms with Crippen LogP contribution in [0, 0.1) is 0 Å². The number of carbonyl (C=O) groups excluding carboxylic acids is 3. The third kappa shape index (κ3) is 2.90. The number of esters is 1. The number of carbonyl (C=O) groups is 3. The van der Waals surface area contributed by atoms with Crippen molar-refractivity contribution >= 4 is 17.8 Å². The Bertz CT molecular complexity index is 501. The van der Waals surface area contributed by atoms with Crippen molar-refractivity contribution < 1.29 is 19.1 Å². The smallest absolute Gasteiger partial charge is 0.331 e. The van der Waals surface area contributed by atoms with Crippen molar-refractivity contribution in [1.82, 2.24) is 10.6 Å². The van der Waals surface area contributed by atoms with Gasteiger partial charge in [-0.25, -0.2) is 4.79 Å². The van der Waals surface area contributed by atoms with Crippen molar-refractivity contribution in [3.63, 3.8) is 0 Å². The minimum atomic E-state index is -0.844. The van der Waals surface area contributed by atoms with E-state index >= 15 is 0 Å². The molecule has 0 aromatic heterocycles. The molecular formula is C13H14N2O4. The van der Waals surface area contributed by atoms with E-state index in [1.807, 2.05) is 30.3 Å². The Kier molecular flexibility index (Phi) is 3.79. The third-order valence-electron chi connectivity index (χ3n) is 2.89. The third-order valence-corrected chi connectivity index (χ3v) is 2.89. The minimum Gasteiger partial charge on any atom is -0.467 e. The van der Waals surface area contributed by atoms with Gasteiger partial charge in [0.2, 0.25) is 11.8 Å². The van der Waals surface area contributed by atoms with Gasteiger partial charge in [0.1, 0.15) is 6.04 Å². The molecule has 6 nitrogen and oxygen atoms in total. The molecule has 1 fully saturated rings. The largest absolute Gasteiger partial charge is 0.467 e. The number of rotatable bonds is 4. The zero-order valence-corrected chi connectivity index (χ0v) is 10.4. The molecule has 0 saturated carbocycles. The molecule has 0 spiro atoms. The average Bonchev–Trinajstić information content (AvgIpc) is 2.42. The van der Waals surface area contributed by atoms with E-state index in [2.05, 4.69) is 15.4 Å². The molecule has 0 aliphatic carbocycles. The van der Waals surface area contributed by atoms with Crippen LogP contribution in [0.15, 0.2) is 30.3 Å². The van der Waals surface area contributed by atoms with Crippen molar-refractivity contribution in [3.05, 3.63) is 35.9 Å². The van der Waals surface area contributed by atoms with Gasteiger partial charge in [0.25, 0.3) is 0 Å². The summed E-state index contributed by atoms with van der Waals surface area (Å²) in [5.41, 5.74) is 0.842. The summed E-state index contributed by atoms with van der Waals surface area (Å²) in [5, 5.41) is 4.91. The summed E-state index contributed by atoms with van der Waals surface area (Å²) in [6.07, 6.45) is 0.165. The van der Waals surface area contributed by atoms with Crippen LogP contribution in [0.25, 0.3) is 0 Å². The predicted octanol–water partition coefficient (Wildman–Crippen LogP) is -0.615. The van der Waals surface area contributed by atoms with Crippen LogP contribution in [0.4, 0.5) is 0 Å². The summed E-state index contributed by atoms with van der Waals surface area (Å²) in [5.74, 6) is -1.25. The number of β-lactam (4-membered cyclic amide) rings is 1. The molecular weight excluding hydrogens is 248 g/mol. The van der Waals surface area contributed by atoms with E-state index in [9.17, 15) is 14.4 Å². The number of methoxy groups -OCH3 is 1. The van der Waals surface area contributed by atoms with E-state index < -0.39 is 18.1 Å². The van der Waals surface area contributed by atoms with Crippen LogP contribution in [0.1, 0.15) is 5.56 Å². The highest BCUT2D eigenvalue weighted by Gasteiger charge is 2.45. The second-order valence-electron chi connectivity index (χ2n) is 4.22. The average molecular weight is 262 g/mol. The van der Waals surface area contributed by atoms with Gasteiger partial charge in [-0.15, -0.1) is 0 Å². The molecule has 100 valence electrons. The zero-order chi connectivity index (χ0) is 13.8. The molecule has 1 aromatic carbocycles. The first-order valence-electron chi connectivity index (χ1n) is 5.83. The van der Waals surface area contributed by atoms with Gasteiger partial charge in [-0.05, 0) is 5.56 Å². The van der Waals surface area contributed by atoms with Crippen LogP contribution in [0.2, 0.25) is 0 Å². The predicted molar refractivity (Wildman–Crippen MR) is 66.0 cm³/mol. The van der Waals surface area contributed by atoms with Crippen LogP contribution < -0.4 is 10.6 Å². The molecule has 1 saturated heterocycles. The summed E-state index contributed by atoms with van der Waals surface area (Å²) in [6.45, 7) is 0. The second-order valence-corrected chi connectivity index (χ2v) is 4.22. The topological polar surface area (TPSA) is 84.5 Å². The van der Waals surface area contributed by atoms with Crippen LogP contribution in [0.5, 0.6) is 0 Å². The first kappa shape index (κ1) is 13.1. The van der Waals surface area contributed by atoms with Crippen molar-refractivity contribution in [2.75, 3.05) is 7.11 Å². The molecule has 1 heterocycles. The number of nitrogens with one attached hydrogen (secondary N) is 2. The first-order chi connectivity index (χ1) is 9.11. The van der Waals surface area contributed by atoms with Gasteiger partial charge in [-0.3, -0.25) is 9.59 Å². The fourth-order valence-corrected chi connectivity index (χ4v) is 1.86. The quantitative estimate of drug-likeness (QED) is 0.560. The number of ether oxygens (including phenoxy) is 1. The number of hydrogen-bond acceptors (Lipinski definition) is 4. The normalized spacial score (nSPS) is 21.0. The Morgan fingerprint density at radius 2 is 2.00 bits per heavy atom. The highest BCUT2D eigenvalue weighted by atomic mass is 16.5. The first-order valence-corrected chi connectivity index (χ1v) is 5.83. The molecule has 2 rings (SSSR count). The maximum atomic E-state index is 11.8. The Hall–Kier alpha value is -2.37. The molecule has 19 heavy (non-hydrogen) atoms. The monoisotopic (exact) mass is 262 g/mol. The van der Waals surface area contributed by atoms with Gasteiger partial charge in [-0.1, -0.05) is 30.3 Å². The molecule has 0 bridgehead atoms. The van der Waals surface area contributed by atoms with Crippen molar-refractivity contribution in [1.29, 1.82) is 0 Å². The molecule has 1 aromatic rings.